The maximum absolute atomic E-state index is 13.2. The van der Waals surface area contributed by atoms with Crippen LogP contribution < -0.4 is 0 Å². The molecule has 160 valence electrons. The lowest BCUT2D eigenvalue weighted by molar-refractivity contribution is -0.207. The van der Waals surface area contributed by atoms with E-state index in [1.165, 1.54) is 6.42 Å². The fraction of sp³-hybridized carbons (Fsp3) is 0.842. The van der Waals surface area contributed by atoms with Crippen molar-refractivity contribution < 1.29 is 36.0 Å². The molecule has 0 aliphatic heterocycles. The average Bonchev–Trinajstić information content (AvgIpc) is 2.60. The summed E-state index contributed by atoms with van der Waals surface area (Å²) in [6.07, 6.45) is 5.16. The van der Waals surface area contributed by atoms with Gasteiger partial charge in [0.15, 0.2) is 0 Å². The number of hydrogen-bond donors (Lipinski definition) is 1. The summed E-state index contributed by atoms with van der Waals surface area (Å²) in [6.45, 7) is 4.69. The molecule has 4 saturated carbocycles. The maximum Gasteiger partial charge on any atom is 0.372 e. The molecule has 0 heterocycles. The van der Waals surface area contributed by atoms with Crippen LogP contribution in [0.5, 0.6) is 0 Å². The van der Waals surface area contributed by atoms with E-state index >= 15 is 0 Å². The molecular weight excluding hydrogens is 394 g/mol. The first-order valence-corrected chi connectivity index (χ1v) is 11.3. The van der Waals surface area contributed by atoms with Gasteiger partial charge in [0.05, 0.1) is 25.2 Å². The molecule has 0 saturated heterocycles. The Hall–Kier alpha value is -1.06. The summed E-state index contributed by atoms with van der Waals surface area (Å²) < 4.78 is 66.8. The molecule has 0 spiro atoms. The van der Waals surface area contributed by atoms with Crippen molar-refractivity contribution in [1.82, 2.24) is 0 Å². The van der Waals surface area contributed by atoms with Gasteiger partial charge in [-0.2, -0.15) is 17.2 Å². The topological polar surface area (TPSA) is 89.9 Å². The van der Waals surface area contributed by atoms with E-state index in [2.05, 4.69) is 6.58 Å². The molecule has 4 bridgehead atoms. The van der Waals surface area contributed by atoms with Gasteiger partial charge in [0.1, 0.15) is 5.60 Å². The lowest BCUT2D eigenvalue weighted by Gasteiger charge is -2.60. The van der Waals surface area contributed by atoms with Crippen molar-refractivity contribution >= 4 is 16.1 Å². The van der Waals surface area contributed by atoms with E-state index in [0.29, 0.717) is 11.8 Å². The van der Waals surface area contributed by atoms with Gasteiger partial charge in [-0.3, -0.25) is 4.55 Å². The quantitative estimate of drug-likeness (QED) is 0.264. The SMILES string of the molecule is C=C(COCCC(F)(F)S(=O)(=O)O)C(=O)OC1(CC)C2CC3CC(C2)CC1C3. The van der Waals surface area contributed by atoms with Crippen molar-refractivity contribution in [2.24, 2.45) is 23.7 Å². The molecule has 0 aromatic rings. The number of carbonyl (C=O) groups is 1. The van der Waals surface area contributed by atoms with E-state index in [4.69, 9.17) is 14.0 Å². The minimum atomic E-state index is -5.49. The largest absolute Gasteiger partial charge is 0.455 e. The van der Waals surface area contributed by atoms with Gasteiger partial charge in [-0.25, -0.2) is 4.79 Å². The number of carbonyl (C=O) groups excluding carboxylic acids is 1. The zero-order valence-electron chi connectivity index (χ0n) is 16.0. The Balaban J connectivity index is 1.52. The highest BCUT2D eigenvalue weighted by Gasteiger charge is 2.58. The number of halogens is 2. The first-order valence-electron chi connectivity index (χ1n) is 9.82. The van der Waals surface area contributed by atoms with Gasteiger partial charge in [-0.15, -0.1) is 0 Å². The number of rotatable bonds is 9. The highest BCUT2D eigenvalue weighted by atomic mass is 32.2. The standard InChI is InChI=1S/C19H28F2O6S/c1-3-18(15-7-13-6-14(9-15)10-16(18)8-13)27-17(22)12(2)11-26-5-4-19(20,21)28(23,24)25/h13-16H,2-11H2,1H3,(H,23,24,25). The molecule has 4 fully saturated rings. The van der Waals surface area contributed by atoms with Crippen LogP contribution in [0, 0.1) is 23.7 Å². The van der Waals surface area contributed by atoms with Gasteiger partial charge < -0.3 is 9.47 Å². The molecule has 0 aromatic heterocycles. The van der Waals surface area contributed by atoms with Crippen LogP contribution in [0.1, 0.15) is 51.9 Å². The minimum absolute atomic E-state index is 0.0109. The summed E-state index contributed by atoms with van der Waals surface area (Å²) in [5.74, 6) is 1.60. The summed E-state index contributed by atoms with van der Waals surface area (Å²) in [4.78, 5) is 12.6. The molecule has 0 radical (unpaired) electrons. The molecular formula is C19H28F2O6S. The fourth-order valence-corrected chi connectivity index (χ4v) is 5.96. The Kier molecular flexibility index (Phi) is 5.91. The van der Waals surface area contributed by atoms with Crippen LogP contribution in [0.25, 0.3) is 0 Å². The van der Waals surface area contributed by atoms with Crippen molar-refractivity contribution in [3.8, 4) is 0 Å². The van der Waals surface area contributed by atoms with Gasteiger partial charge in [0.2, 0.25) is 0 Å². The Morgan fingerprint density at radius 2 is 1.71 bits per heavy atom. The second kappa shape index (κ2) is 7.65. The molecule has 4 aliphatic rings. The molecule has 4 aliphatic carbocycles. The van der Waals surface area contributed by atoms with Crippen LogP contribution >= 0.6 is 0 Å². The molecule has 9 heteroatoms. The van der Waals surface area contributed by atoms with Crippen LogP contribution in [-0.2, 0) is 24.4 Å². The molecule has 0 amide bonds. The average molecular weight is 422 g/mol. The maximum atomic E-state index is 13.2. The summed E-state index contributed by atoms with van der Waals surface area (Å²) in [5, 5.41) is -4.29. The van der Waals surface area contributed by atoms with Crippen LogP contribution in [0.3, 0.4) is 0 Å². The summed E-state index contributed by atoms with van der Waals surface area (Å²) in [7, 11) is -5.49. The van der Waals surface area contributed by atoms with Crippen molar-refractivity contribution in [2.75, 3.05) is 13.2 Å². The third-order valence-corrected chi connectivity index (χ3v) is 7.79. The summed E-state index contributed by atoms with van der Waals surface area (Å²) >= 11 is 0. The Bertz CT molecular complexity index is 705. The van der Waals surface area contributed by atoms with E-state index in [1.54, 1.807) is 0 Å². The van der Waals surface area contributed by atoms with Gasteiger partial charge in [0, 0.05) is 0 Å². The lowest BCUT2D eigenvalue weighted by Crippen LogP contribution is -2.59. The highest BCUT2D eigenvalue weighted by molar-refractivity contribution is 7.86. The van der Waals surface area contributed by atoms with Crippen molar-refractivity contribution in [3.05, 3.63) is 12.2 Å². The molecule has 0 unspecified atom stereocenters. The molecule has 1 N–H and O–H groups in total. The second-order valence-corrected chi connectivity index (χ2v) is 10.1. The molecule has 4 rings (SSSR count). The predicted octanol–water partition coefficient (Wildman–Crippen LogP) is 3.58. The number of hydrogen-bond acceptors (Lipinski definition) is 5. The highest BCUT2D eigenvalue weighted by Crippen LogP contribution is 2.60. The van der Waals surface area contributed by atoms with E-state index < -0.39 is 40.0 Å². The second-order valence-electron chi connectivity index (χ2n) is 8.52. The smallest absolute Gasteiger partial charge is 0.372 e. The Morgan fingerprint density at radius 1 is 1.18 bits per heavy atom. The van der Waals surface area contributed by atoms with Crippen molar-refractivity contribution in [2.45, 2.75) is 62.7 Å². The van der Waals surface area contributed by atoms with E-state index in [-0.39, 0.29) is 12.2 Å². The number of ether oxygens (including phenoxy) is 2. The van der Waals surface area contributed by atoms with Gasteiger partial charge >= 0.3 is 21.3 Å². The van der Waals surface area contributed by atoms with Crippen LogP contribution in [0.4, 0.5) is 8.78 Å². The van der Waals surface area contributed by atoms with Gasteiger partial charge in [-0.05, 0) is 62.2 Å². The van der Waals surface area contributed by atoms with E-state index in [1.807, 2.05) is 6.92 Å². The number of esters is 1. The molecule has 6 nitrogen and oxygen atoms in total. The van der Waals surface area contributed by atoms with Crippen LogP contribution in [0.2, 0.25) is 0 Å². The third-order valence-electron chi connectivity index (χ3n) is 6.84. The van der Waals surface area contributed by atoms with E-state index in [9.17, 15) is 22.0 Å². The van der Waals surface area contributed by atoms with Crippen LogP contribution in [-0.4, -0.2) is 43.0 Å². The fourth-order valence-electron chi connectivity index (χ4n) is 5.62. The zero-order valence-corrected chi connectivity index (χ0v) is 16.8. The first kappa shape index (κ1) is 21.6. The Labute approximate surface area is 164 Å². The number of alkyl halides is 2. The first-order chi connectivity index (χ1) is 13.0. The normalized spacial score (nSPS) is 34.4. The van der Waals surface area contributed by atoms with Crippen LogP contribution in [0.15, 0.2) is 12.2 Å². The lowest BCUT2D eigenvalue weighted by atomic mass is 9.49. The van der Waals surface area contributed by atoms with Crippen molar-refractivity contribution in [3.63, 3.8) is 0 Å². The predicted molar refractivity (Wildman–Crippen MR) is 97.2 cm³/mol. The monoisotopic (exact) mass is 422 g/mol. The minimum Gasteiger partial charge on any atom is -0.455 e. The van der Waals surface area contributed by atoms with Gasteiger partial charge in [-0.1, -0.05) is 13.5 Å². The summed E-state index contributed by atoms with van der Waals surface area (Å²) in [6, 6.07) is 0. The Morgan fingerprint density at radius 3 is 2.18 bits per heavy atom. The van der Waals surface area contributed by atoms with E-state index in [0.717, 1.165) is 43.9 Å². The van der Waals surface area contributed by atoms with Gasteiger partial charge in [0.25, 0.3) is 0 Å². The van der Waals surface area contributed by atoms with Crippen molar-refractivity contribution in [1.29, 1.82) is 0 Å². The molecule has 0 atom stereocenters. The summed E-state index contributed by atoms with van der Waals surface area (Å²) in [5.41, 5.74) is -0.470. The molecule has 0 aromatic carbocycles. The molecule has 28 heavy (non-hydrogen) atoms. The third kappa shape index (κ3) is 3.98. The zero-order chi connectivity index (χ0) is 20.7.